The first-order valence-electron chi connectivity index (χ1n) is 5.86. The van der Waals surface area contributed by atoms with Gasteiger partial charge >= 0.3 is 5.69 Å². The minimum absolute atomic E-state index is 0.00681. The monoisotopic (exact) mass is 255 g/mol. The maximum atomic E-state index is 13.0. The number of benzene rings is 1. The molecule has 1 N–H and O–H groups in total. The van der Waals surface area contributed by atoms with E-state index in [1.54, 1.807) is 0 Å². The van der Waals surface area contributed by atoms with Crippen LogP contribution in [0.4, 0.5) is 10.1 Å². The van der Waals surface area contributed by atoms with E-state index in [1.165, 1.54) is 6.07 Å². The van der Waals surface area contributed by atoms with Crippen LogP contribution in [0, 0.1) is 15.9 Å². The molecule has 1 aromatic carbocycles. The lowest BCUT2D eigenvalue weighted by atomic mass is 9.95. The smallest absolute Gasteiger partial charge is 0.313 e. The third kappa shape index (κ3) is 2.76. The van der Waals surface area contributed by atoms with Crippen molar-refractivity contribution in [2.75, 3.05) is 0 Å². The van der Waals surface area contributed by atoms with Gasteiger partial charge in [0.05, 0.1) is 17.1 Å². The van der Waals surface area contributed by atoms with Crippen molar-refractivity contribution in [2.24, 2.45) is 0 Å². The first kappa shape index (κ1) is 12.8. The molecule has 0 aromatic heterocycles. The minimum Gasteiger partial charge on any atom is -0.481 e. The number of ether oxygens (including phenoxy) is 1. The van der Waals surface area contributed by atoms with Crippen molar-refractivity contribution in [2.45, 2.75) is 37.9 Å². The molecule has 0 unspecified atom stereocenters. The van der Waals surface area contributed by atoms with Crippen molar-refractivity contribution in [3.63, 3.8) is 0 Å². The third-order valence-corrected chi connectivity index (χ3v) is 3.06. The number of aliphatic hydroxyl groups is 1. The van der Waals surface area contributed by atoms with Crippen molar-refractivity contribution in [1.29, 1.82) is 0 Å². The summed E-state index contributed by atoms with van der Waals surface area (Å²) in [5, 5.41) is 20.5. The average Bonchev–Trinajstić information content (AvgIpc) is 2.34. The second kappa shape index (κ2) is 5.30. The maximum absolute atomic E-state index is 13.0. The van der Waals surface area contributed by atoms with Crippen LogP contribution < -0.4 is 4.74 Å². The fourth-order valence-electron chi connectivity index (χ4n) is 2.11. The standard InChI is InChI=1S/C12H14FNO4/c13-8-5-6-11(9(7-8)14(16)17)18-12-4-2-1-3-10(12)15/h5-7,10,12,15H,1-4H2/t10-,12-/m0/s1. The molecule has 5 nitrogen and oxygen atoms in total. The molecule has 1 aliphatic rings. The number of aliphatic hydroxyl groups excluding tert-OH is 1. The zero-order valence-corrected chi connectivity index (χ0v) is 9.71. The van der Waals surface area contributed by atoms with Crippen LogP contribution in [0.2, 0.25) is 0 Å². The lowest BCUT2D eigenvalue weighted by Crippen LogP contribution is -2.34. The Bertz CT molecular complexity index is 452. The van der Waals surface area contributed by atoms with Gasteiger partial charge in [-0.15, -0.1) is 0 Å². The molecule has 0 radical (unpaired) electrons. The molecule has 1 aliphatic carbocycles. The fraction of sp³-hybridized carbons (Fsp3) is 0.500. The highest BCUT2D eigenvalue weighted by molar-refractivity contribution is 5.46. The molecule has 0 saturated heterocycles. The second-order valence-corrected chi connectivity index (χ2v) is 4.38. The SMILES string of the molecule is O=[N+]([O-])c1cc(F)ccc1O[C@H]1CCCC[C@@H]1O. The summed E-state index contributed by atoms with van der Waals surface area (Å²) in [6.07, 6.45) is 2.03. The predicted molar refractivity (Wildman–Crippen MR) is 61.9 cm³/mol. The lowest BCUT2D eigenvalue weighted by molar-refractivity contribution is -0.386. The molecule has 1 saturated carbocycles. The van der Waals surface area contributed by atoms with Gasteiger partial charge in [0.15, 0.2) is 5.75 Å². The summed E-state index contributed by atoms with van der Waals surface area (Å²) in [6, 6.07) is 3.16. The van der Waals surface area contributed by atoms with Gasteiger partial charge in [0.2, 0.25) is 0 Å². The summed E-state index contributed by atoms with van der Waals surface area (Å²) in [7, 11) is 0. The Balaban J connectivity index is 2.20. The second-order valence-electron chi connectivity index (χ2n) is 4.38. The summed E-state index contributed by atoms with van der Waals surface area (Å²) >= 11 is 0. The normalized spacial score (nSPS) is 23.7. The average molecular weight is 255 g/mol. The third-order valence-electron chi connectivity index (χ3n) is 3.06. The van der Waals surface area contributed by atoms with Gasteiger partial charge in [-0.1, -0.05) is 6.42 Å². The van der Waals surface area contributed by atoms with Crippen molar-refractivity contribution in [3.05, 3.63) is 34.1 Å². The Labute approximate surface area is 103 Å². The Morgan fingerprint density at radius 3 is 2.78 bits per heavy atom. The highest BCUT2D eigenvalue weighted by Gasteiger charge is 2.27. The van der Waals surface area contributed by atoms with Crippen LogP contribution in [0.5, 0.6) is 5.75 Å². The Morgan fingerprint density at radius 2 is 2.11 bits per heavy atom. The lowest BCUT2D eigenvalue weighted by Gasteiger charge is -2.27. The van der Waals surface area contributed by atoms with E-state index in [-0.39, 0.29) is 5.75 Å². The van der Waals surface area contributed by atoms with Crippen LogP contribution in [0.25, 0.3) is 0 Å². The van der Waals surface area contributed by atoms with E-state index in [4.69, 9.17) is 4.74 Å². The number of hydrogen-bond donors (Lipinski definition) is 1. The predicted octanol–water partition coefficient (Wildman–Crippen LogP) is 2.42. The minimum atomic E-state index is -0.687. The van der Waals surface area contributed by atoms with Crippen LogP contribution >= 0.6 is 0 Å². The molecule has 1 aromatic rings. The number of nitro benzene ring substituents is 1. The first-order valence-corrected chi connectivity index (χ1v) is 5.86. The van der Waals surface area contributed by atoms with E-state index >= 15 is 0 Å². The molecular weight excluding hydrogens is 241 g/mol. The number of halogens is 1. The van der Waals surface area contributed by atoms with Gasteiger partial charge in [0.1, 0.15) is 11.9 Å². The van der Waals surface area contributed by atoms with E-state index in [2.05, 4.69) is 0 Å². The van der Waals surface area contributed by atoms with E-state index < -0.39 is 28.6 Å². The van der Waals surface area contributed by atoms with Gasteiger partial charge in [-0.05, 0) is 31.4 Å². The van der Waals surface area contributed by atoms with Crippen molar-refractivity contribution < 1.29 is 19.2 Å². The van der Waals surface area contributed by atoms with Gasteiger partial charge in [-0.2, -0.15) is 0 Å². The van der Waals surface area contributed by atoms with Crippen molar-refractivity contribution >= 4 is 5.69 Å². The quantitative estimate of drug-likeness (QED) is 0.665. The molecular formula is C12H14FNO4. The van der Waals surface area contributed by atoms with E-state index in [0.717, 1.165) is 25.0 Å². The molecule has 98 valence electrons. The number of nitro groups is 1. The van der Waals surface area contributed by atoms with Crippen LogP contribution in [0.3, 0.4) is 0 Å². The Morgan fingerprint density at radius 1 is 1.39 bits per heavy atom. The topological polar surface area (TPSA) is 72.6 Å². The summed E-state index contributed by atoms with van der Waals surface area (Å²) in [5.74, 6) is -0.675. The summed E-state index contributed by atoms with van der Waals surface area (Å²) in [5.41, 5.74) is -0.409. The highest BCUT2D eigenvalue weighted by atomic mass is 19.1. The highest BCUT2D eigenvalue weighted by Crippen LogP contribution is 2.31. The van der Waals surface area contributed by atoms with Crippen molar-refractivity contribution in [1.82, 2.24) is 0 Å². The Kier molecular flexibility index (Phi) is 3.76. The van der Waals surface area contributed by atoms with Crippen LogP contribution in [0.15, 0.2) is 18.2 Å². The molecule has 6 heteroatoms. The number of nitrogens with zero attached hydrogens (tertiary/aromatic N) is 1. The summed E-state index contributed by atoms with van der Waals surface area (Å²) < 4.78 is 18.4. The molecule has 0 amide bonds. The van der Waals surface area contributed by atoms with Gasteiger partial charge in [0.25, 0.3) is 0 Å². The van der Waals surface area contributed by atoms with Gasteiger partial charge in [0, 0.05) is 0 Å². The van der Waals surface area contributed by atoms with Gasteiger partial charge < -0.3 is 9.84 Å². The fourth-order valence-corrected chi connectivity index (χ4v) is 2.11. The van der Waals surface area contributed by atoms with E-state index in [1.807, 2.05) is 0 Å². The number of hydrogen-bond acceptors (Lipinski definition) is 4. The van der Waals surface area contributed by atoms with E-state index in [0.29, 0.717) is 12.8 Å². The molecule has 0 bridgehead atoms. The molecule has 0 aliphatic heterocycles. The molecule has 2 rings (SSSR count). The molecule has 0 heterocycles. The van der Waals surface area contributed by atoms with Gasteiger partial charge in [-0.25, -0.2) is 4.39 Å². The summed E-state index contributed by atoms with van der Waals surface area (Å²) in [6.45, 7) is 0. The Hall–Kier alpha value is -1.69. The van der Waals surface area contributed by atoms with Crippen LogP contribution in [-0.2, 0) is 0 Å². The van der Waals surface area contributed by atoms with E-state index in [9.17, 15) is 19.6 Å². The number of rotatable bonds is 3. The molecule has 2 atom stereocenters. The zero-order chi connectivity index (χ0) is 13.1. The van der Waals surface area contributed by atoms with Crippen LogP contribution in [-0.4, -0.2) is 22.2 Å². The molecule has 18 heavy (non-hydrogen) atoms. The zero-order valence-electron chi connectivity index (χ0n) is 9.71. The molecule has 0 spiro atoms. The maximum Gasteiger partial charge on any atom is 0.313 e. The van der Waals surface area contributed by atoms with Gasteiger partial charge in [-0.3, -0.25) is 10.1 Å². The van der Waals surface area contributed by atoms with Crippen LogP contribution in [0.1, 0.15) is 25.7 Å². The largest absolute Gasteiger partial charge is 0.481 e. The first-order chi connectivity index (χ1) is 8.58. The summed E-state index contributed by atoms with van der Waals surface area (Å²) in [4.78, 5) is 10.1. The molecule has 1 fully saturated rings. The van der Waals surface area contributed by atoms with Crippen molar-refractivity contribution in [3.8, 4) is 5.75 Å².